The molecule has 2 aromatic heterocycles. The van der Waals surface area contributed by atoms with Gasteiger partial charge in [0.15, 0.2) is 5.16 Å². The Balaban J connectivity index is 2.16. The highest BCUT2D eigenvalue weighted by Gasteiger charge is 2.14. The van der Waals surface area contributed by atoms with E-state index in [4.69, 9.17) is 5.26 Å². The first-order valence-electron chi connectivity index (χ1n) is 4.37. The third kappa shape index (κ3) is 2.36. The SMILES string of the molecule is N#CC(Sc1ncc[nH]1)c1ccccn1. The van der Waals surface area contributed by atoms with E-state index in [-0.39, 0.29) is 5.25 Å². The van der Waals surface area contributed by atoms with Gasteiger partial charge in [0, 0.05) is 18.6 Å². The number of nitrogens with zero attached hydrogens (tertiary/aromatic N) is 3. The minimum absolute atomic E-state index is 0.322. The van der Waals surface area contributed by atoms with Crippen LogP contribution in [0.1, 0.15) is 10.9 Å². The van der Waals surface area contributed by atoms with Gasteiger partial charge in [-0.2, -0.15) is 5.26 Å². The highest BCUT2D eigenvalue weighted by atomic mass is 32.2. The van der Waals surface area contributed by atoms with E-state index < -0.39 is 0 Å². The molecule has 0 aromatic carbocycles. The van der Waals surface area contributed by atoms with Crippen LogP contribution in [0.25, 0.3) is 0 Å². The molecule has 74 valence electrons. The fourth-order valence-corrected chi connectivity index (χ4v) is 1.90. The number of imidazole rings is 1. The quantitative estimate of drug-likeness (QED) is 0.798. The first-order chi connectivity index (χ1) is 7.40. The fraction of sp³-hybridized carbons (Fsp3) is 0.100. The number of H-pyrrole nitrogens is 1. The van der Waals surface area contributed by atoms with Gasteiger partial charge in [-0.05, 0) is 12.1 Å². The summed E-state index contributed by atoms with van der Waals surface area (Å²) in [7, 11) is 0. The Morgan fingerprint density at radius 1 is 1.33 bits per heavy atom. The smallest absolute Gasteiger partial charge is 0.166 e. The van der Waals surface area contributed by atoms with Crippen molar-refractivity contribution in [3.8, 4) is 6.07 Å². The summed E-state index contributed by atoms with van der Waals surface area (Å²) in [5.74, 6) is 0. The first kappa shape index (κ1) is 9.74. The summed E-state index contributed by atoms with van der Waals surface area (Å²) < 4.78 is 0. The van der Waals surface area contributed by atoms with Crippen LogP contribution in [0.4, 0.5) is 0 Å². The Kier molecular flexibility index (Phi) is 3.00. The zero-order chi connectivity index (χ0) is 10.5. The van der Waals surface area contributed by atoms with Crippen molar-refractivity contribution in [2.45, 2.75) is 10.4 Å². The normalized spacial score (nSPS) is 11.9. The van der Waals surface area contributed by atoms with Crippen LogP contribution < -0.4 is 0 Å². The molecule has 0 fully saturated rings. The molecule has 0 amide bonds. The zero-order valence-electron chi connectivity index (χ0n) is 7.79. The first-order valence-corrected chi connectivity index (χ1v) is 5.24. The summed E-state index contributed by atoms with van der Waals surface area (Å²) in [6.07, 6.45) is 5.08. The van der Waals surface area contributed by atoms with Gasteiger partial charge in [-0.1, -0.05) is 17.8 Å². The molecule has 0 bridgehead atoms. The van der Waals surface area contributed by atoms with Crippen molar-refractivity contribution in [2.24, 2.45) is 0 Å². The number of nitriles is 1. The van der Waals surface area contributed by atoms with Crippen LogP contribution in [-0.4, -0.2) is 15.0 Å². The molecule has 0 saturated heterocycles. The lowest BCUT2D eigenvalue weighted by Crippen LogP contribution is -1.94. The van der Waals surface area contributed by atoms with Gasteiger partial charge in [-0.25, -0.2) is 4.98 Å². The average molecular weight is 216 g/mol. The molecular weight excluding hydrogens is 208 g/mol. The van der Waals surface area contributed by atoms with Crippen LogP contribution in [0.3, 0.4) is 0 Å². The average Bonchev–Trinajstić information content (AvgIpc) is 2.80. The molecule has 1 unspecified atom stereocenters. The molecule has 2 aromatic rings. The van der Waals surface area contributed by atoms with Crippen molar-refractivity contribution in [3.05, 3.63) is 42.5 Å². The third-order valence-electron chi connectivity index (χ3n) is 1.78. The Hall–Kier alpha value is -1.80. The van der Waals surface area contributed by atoms with Crippen molar-refractivity contribution in [1.82, 2.24) is 15.0 Å². The second-order valence-electron chi connectivity index (χ2n) is 2.78. The minimum atomic E-state index is -0.322. The highest BCUT2D eigenvalue weighted by molar-refractivity contribution is 7.99. The number of hydrogen-bond donors (Lipinski definition) is 1. The lowest BCUT2D eigenvalue weighted by atomic mass is 10.3. The second kappa shape index (κ2) is 4.62. The number of thioether (sulfide) groups is 1. The van der Waals surface area contributed by atoms with E-state index in [0.29, 0.717) is 0 Å². The lowest BCUT2D eigenvalue weighted by Gasteiger charge is -2.04. The Labute approximate surface area is 91.4 Å². The molecule has 0 aliphatic heterocycles. The fourth-order valence-electron chi connectivity index (χ4n) is 1.11. The van der Waals surface area contributed by atoms with Crippen LogP contribution in [0.2, 0.25) is 0 Å². The summed E-state index contributed by atoms with van der Waals surface area (Å²) in [5.41, 5.74) is 0.751. The third-order valence-corrected chi connectivity index (χ3v) is 2.81. The number of aromatic nitrogens is 3. The molecule has 0 spiro atoms. The maximum atomic E-state index is 9.03. The van der Waals surface area contributed by atoms with Crippen LogP contribution in [0, 0.1) is 11.3 Å². The van der Waals surface area contributed by atoms with Gasteiger partial charge in [0.25, 0.3) is 0 Å². The van der Waals surface area contributed by atoms with Crippen molar-refractivity contribution in [2.75, 3.05) is 0 Å². The molecule has 15 heavy (non-hydrogen) atoms. The Bertz CT molecular complexity index is 446. The summed E-state index contributed by atoms with van der Waals surface area (Å²) >= 11 is 1.36. The van der Waals surface area contributed by atoms with E-state index in [1.807, 2.05) is 18.2 Å². The molecule has 2 heterocycles. The second-order valence-corrected chi connectivity index (χ2v) is 3.87. The molecule has 0 radical (unpaired) electrons. The molecule has 5 heteroatoms. The van der Waals surface area contributed by atoms with Gasteiger partial charge in [-0.3, -0.25) is 4.98 Å². The summed E-state index contributed by atoms with van der Waals surface area (Å²) in [6, 6.07) is 7.73. The Morgan fingerprint density at radius 3 is 2.87 bits per heavy atom. The highest BCUT2D eigenvalue weighted by Crippen LogP contribution is 2.30. The largest absolute Gasteiger partial charge is 0.340 e. The van der Waals surface area contributed by atoms with Gasteiger partial charge in [0.05, 0.1) is 11.8 Å². The zero-order valence-corrected chi connectivity index (χ0v) is 8.61. The van der Waals surface area contributed by atoms with Crippen molar-refractivity contribution in [3.63, 3.8) is 0 Å². The van der Waals surface area contributed by atoms with Gasteiger partial charge in [0.1, 0.15) is 5.25 Å². The van der Waals surface area contributed by atoms with E-state index in [0.717, 1.165) is 10.9 Å². The van der Waals surface area contributed by atoms with Crippen LogP contribution in [0.15, 0.2) is 41.9 Å². The molecule has 1 atom stereocenters. The van der Waals surface area contributed by atoms with E-state index in [1.54, 1.807) is 18.6 Å². The monoisotopic (exact) mass is 216 g/mol. The summed E-state index contributed by atoms with van der Waals surface area (Å²) in [6.45, 7) is 0. The molecule has 1 N–H and O–H groups in total. The number of nitrogens with one attached hydrogen (secondary N) is 1. The number of aromatic amines is 1. The minimum Gasteiger partial charge on any atom is -0.340 e. The molecule has 0 saturated carbocycles. The number of rotatable bonds is 3. The molecule has 0 aliphatic carbocycles. The predicted octanol–water partition coefficient (Wildman–Crippen LogP) is 2.16. The van der Waals surface area contributed by atoms with Gasteiger partial charge in [0.2, 0.25) is 0 Å². The maximum Gasteiger partial charge on any atom is 0.166 e. The molecule has 0 aliphatic rings. The standard InChI is InChI=1S/C10H8N4S/c11-7-9(8-3-1-2-4-12-8)15-10-13-5-6-14-10/h1-6,9H,(H,13,14). The molecule has 4 nitrogen and oxygen atoms in total. The summed E-state index contributed by atoms with van der Waals surface area (Å²) in [5, 5.41) is 9.43. The van der Waals surface area contributed by atoms with E-state index in [9.17, 15) is 0 Å². The van der Waals surface area contributed by atoms with Crippen molar-refractivity contribution >= 4 is 11.8 Å². The number of hydrogen-bond acceptors (Lipinski definition) is 4. The van der Waals surface area contributed by atoms with Crippen LogP contribution in [-0.2, 0) is 0 Å². The van der Waals surface area contributed by atoms with E-state index in [1.165, 1.54) is 11.8 Å². The Morgan fingerprint density at radius 2 is 2.27 bits per heavy atom. The predicted molar refractivity (Wildman–Crippen MR) is 57.0 cm³/mol. The van der Waals surface area contributed by atoms with Crippen LogP contribution >= 0.6 is 11.8 Å². The molecule has 2 rings (SSSR count). The molecular formula is C10H8N4S. The van der Waals surface area contributed by atoms with Crippen LogP contribution in [0.5, 0.6) is 0 Å². The van der Waals surface area contributed by atoms with E-state index in [2.05, 4.69) is 21.0 Å². The van der Waals surface area contributed by atoms with E-state index >= 15 is 0 Å². The maximum absolute atomic E-state index is 9.03. The van der Waals surface area contributed by atoms with Gasteiger partial charge in [-0.15, -0.1) is 0 Å². The van der Waals surface area contributed by atoms with Gasteiger partial charge < -0.3 is 4.98 Å². The lowest BCUT2D eigenvalue weighted by molar-refractivity contribution is 1.03. The topological polar surface area (TPSA) is 65.4 Å². The number of pyridine rings is 1. The summed E-state index contributed by atoms with van der Waals surface area (Å²) in [4.78, 5) is 11.1. The van der Waals surface area contributed by atoms with Crippen molar-refractivity contribution in [1.29, 1.82) is 5.26 Å². The van der Waals surface area contributed by atoms with Crippen molar-refractivity contribution < 1.29 is 0 Å². The van der Waals surface area contributed by atoms with Gasteiger partial charge >= 0.3 is 0 Å².